The van der Waals surface area contributed by atoms with Crippen LogP contribution in [0.15, 0.2) is 72.8 Å². The average Bonchev–Trinajstić information content (AvgIpc) is 3.24. The minimum Gasteiger partial charge on any atom is -0.493 e. The number of carbonyl (C=O) groups is 1. The number of carbonyl (C=O) groups excluding carboxylic acids is 1. The van der Waals surface area contributed by atoms with E-state index in [0.717, 1.165) is 11.3 Å². The number of aliphatic hydroxyl groups excluding tert-OH is 1. The first-order chi connectivity index (χ1) is 16.8. The minimum atomic E-state index is -0.634. The van der Waals surface area contributed by atoms with Crippen molar-refractivity contribution in [3.05, 3.63) is 78.4 Å². The van der Waals surface area contributed by atoms with E-state index >= 15 is 0 Å². The summed E-state index contributed by atoms with van der Waals surface area (Å²) in [4.78, 5) is 13.9. The molecule has 1 fully saturated rings. The summed E-state index contributed by atoms with van der Waals surface area (Å²) >= 11 is 0. The maximum atomic E-state index is 12.2. The first kappa shape index (κ1) is 24.4. The van der Waals surface area contributed by atoms with Crippen LogP contribution in [-0.2, 0) is 4.74 Å². The van der Waals surface area contributed by atoms with Crippen LogP contribution in [0.25, 0.3) is 0 Å². The van der Waals surface area contributed by atoms with Crippen LogP contribution < -0.4 is 14.2 Å². The highest BCUT2D eigenvalue weighted by Crippen LogP contribution is 2.47. The molecule has 0 aromatic heterocycles. The fourth-order valence-electron chi connectivity index (χ4n) is 4.51. The van der Waals surface area contributed by atoms with Crippen molar-refractivity contribution in [2.24, 2.45) is 5.41 Å². The predicted octanol–water partition coefficient (Wildman–Crippen LogP) is 5.83. The molecule has 1 amide bonds. The molecule has 0 aliphatic carbocycles. The smallest absolute Gasteiger partial charge is 0.409 e. The van der Waals surface area contributed by atoms with Crippen molar-refractivity contribution >= 4 is 6.09 Å². The lowest BCUT2D eigenvalue weighted by Crippen LogP contribution is -2.38. The van der Waals surface area contributed by atoms with Gasteiger partial charge in [0.1, 0.15) is 17.2 Å². The van der Waals surface area contributed by atoms with E-state index in [0.29, 0.717) is 36.1 Å². The lowest BCUT2D eigenvalue weighted by atomic mass is 9.72. The largest absolute Gasteiger partial charge is 0.493 e. The Hall–Kier alpha value is -3.71. The van der Waals surface area contributed by atoms with Crippen LogP contribution >= 0.6 is 0 Å². The Kier molecular flexibility index (Phi) is 7.17. The summed E-state index contributed by atoms with van der Waals surface area (Å²) in [6.07, 6.45) is -1.03. The van der Waals surface area contributed by atoms with Crippen LogP contribution in [0.1, 0.15) is 25.3 Å². The first-order valence-corrected chi connectivity index (χ1v) is 11.5. The number of hydrogen-bond donors (Lipinski definition) is 1. The summed E-state index contributed by atoms with van der Waals surface area (Å²) in [5, 5.41) is 10.6. The summed E-state index contributed by atoms with van der Waals surface area (Å²) in [5.74, 6) is 3.10. The van der Waals surface area contributed by atoms with Crippen LogP contribution in [0.4, 0.5) is 4.79 Å². The van der Waals surface area contributed by atoms with E-state index in [2.05, 4.69) is 0 Å². The summed E-state index contributed by atoms with van der Waals surface area (Å²) in [7, 11) is 2.96. The highest BCUT2D eigenvalue weighted by molar-refractivity contribution is 5.68. The van der Waals surface area contributed by atoms with Gasteiger partial charge in [0.05, 0.1) is 20.3 Å². The number of likely N-dealkylation sites (tertiary alicyclic amines) is 1. The molecule has 0 unspecified atom stereocenters. The highest BCUT2D eigenvalue weighted by atomic mass is 16.5. The van der Waals surface area contributed by atoms with E-state index in [1.165, 1.54) is 7.11 Å². The van der Waals surface area contributed by atoms with Crippen LogP contribution in [0.3, 0.4) is 0 Å². The van der Waals surface area contributed by atoms with E-state index in [1.54, 1.807) is 18.9 Å². The zero-order valence-electron chi connectivity index (χ0n) is 20.4. The number of aliphatic hydroxyl groups is 1. The Bertz CT molecular complexity index is 1150. The molecule has 184 valence electrons. The van der Waals surface area contributed by atoms with Crippen molar-refractivity contribution in [1.82, 2.24) is 4.90 Å². The molecule has 3 atom stereocenters. The van der Waals surface area contributed by atoms with Gasteiger partial charge in [0.2, 0.25) is 0 Å². The molecule has 3 aromatic rings. The lowest BCUT2D eigenvalue weighted by Gasteiger charge is -2.33. The van der Waals surface area contributed by atoms with Gasteiger partial charge in [0.25, 0.3) is 0 Å². The third-order valence-electron chi connectivity index (χ3n) is 6.74. The average molecular weight is 478 g/mol. The Balaban J connectivity index is 1.57. The second-order valence-corrected chi connectivity index (χ2v) is 8.98. The molecule has 7 heteroatoms. The summed E-state index contributed by atoms with van der Waals surface area (Å²) in [6.45, 7) is 4.58. The van der Waals surface area contributed by atoms with E-state index in [1.807, 2.05) is 79.7 Å². The summed E-state index contributed by atoms with van der Waals surface area (Å²) < 4.78 is 22.5. The van der Waals surface area contributed by atoms with Gasteiger partial charge >= 0.3 is 6.09 Å². The van der Waals surface area contributed by atoms with Crippen molar-refractivity contribution in [2.45, 2.75) is 25.9 Å². The van der Waals surface area contributed by atoms with Gasteiger partial charge in [0, 0.05) is 24.4 Å². The highest BCUT2D eigenvalue weighted by Gasteiger charge is 2.48. The SMILES string of the molecule is COC(=O)N1C[C@H](c2ccc(OC)c(Oc3ccc(Oc4ccccc4)cc3)c2)[C@](C)([C@@H](C)O)C1. The van der Waals surface area contributed by atoms with Gasteiger partial charge in [-0.1, -0.05) is 31.2 Å². The third kappa shape index (κ3) is 5.20. The molecule has 1 N–H and O–H groups in total. The first-order valence-electron chi connectivity index (χ1n) is 11.5. The quantitative estimate of drug-likeness (QED) is 0.461. The number of para-hydroxylation sites is 1. The molecule has 35 heavy (non-hydrogen) atoms. The maximum Gasteiger partial charge on any atom is 0.409 e. The van der Waals surface area contributed by atoms with Gasteiger partial charge in [-0.2, -0.15) is 0 Å². The van der Waals surface area contributed by atoms with Gasteiger partial charge in [-0.3, -0.25) is 0 Å². The molecule has 0 saturated carbocycles. The molecule has 0 spiro atoms. The number of ether oxygens (including phenoxy) is 4. The molecule has 0 bridgehead atoms. The van der Waals surface area contributed by atoms with Gasteiger partial charge in [-0.05, 0) is 61.0 Å². The van der Waals surface area contributed by atoms with Crippen molar-refractivity contribution in [3.63, 3.8) is 0 Å². The second-order valence-electron chi connectivity index (χ2n) is 8.98. The molecule has 3 aromatic carbocycles. The Morgan fingerprint density at radius 1 is 0.943 bits per heavy atom. The minimum absolute atomic E-state index is 0.114. The topological polar surface area (TPSA) is 77.5 Å². The standard InChI is InChI=1S/C28H31NO6/c1-19(30)28(2)18-29(27(31)33-4)17-24(28)20-10-15-25(32-3)26(16-20)35-23-13-11-22(12-14-23)34-21-8-6-5-7-9-21/h5-16,19,24,30H,17-18H2,1-4H3/t19-,24-,28+/m1/s1. The van der Waals surface area contributed by atoms with E-state index < -0.39 is 17.6 Å². The Labute approximate surface area is 205 Å². The van der Waals surface area contributed by atoms with Gasteiger partial charge < -0.3 is 29.0 Å². The molecule has 1 aliphatic rings. The molecular weight excluding hydrogens is 446 g/mol. The predicted molar refractivity (Wildman–Crippen MR) is 133 cm³/mol. The number of nitrogens with zero attached hydrogens (tertiary/aromatic N) is 1. The fourth-order valence-corrected chi connectivity index (χ4v) is 4.51. The van der Waals surface area contributed by atoms with Crippen molar-refractivity contribution in [1.29, 1.82) is 0 Å². The van der Waals surface area contributed by atoms with Gasteiger partial charge in [-0.15, -0.1) is 0 Å². The molecule has 4 rings (SSSR count). The lowest BCUT2D eigenvalue weighted by molar-refractivity contribution is 0.0470. The van der Waals surface area contributed by atoms with E-state index in [-0.39, 0.29) is 5.92 Å². The molecular formula is C28H31NO6. The molecule has 1 aliphatic heterocycles. The van der Waals surface area contributed by atoms with E-state index in [9.17, 15) is 9.90 Å². The maximum absolute atomic E-state index is 12.2. The molecule has 1 saturated heterocycles. The monoisotopic (exact) mass is 477 g/mol. The van der Waals surface area contributed by atoms with E-state index in [4.69, 9.17) is 18.9 Å². The number of amides is 1. The van der Waals surface area contributed by atoms with Gasteiger partial charge in [0.15, 0.2) is 11.5 Å². The Morgan fingerprint density at radius 3 is 2.17 bits per heavy atom. The van der Waals surface area contributed by atoms with Crippen LogP contribution in [0.5, 0.6) is 28.7 Å². The second kappa shape index (κ2) is 10.3. The van der Waals surface area contributed by atoms with Crippen LogP contribution in [0, 0.1) is 5.41 Å². The van der Waals surface area contributed by atoms with Gasteiger partial charge in [-0.25, -0.2) is 4.79 Å². The van der Waals surface area contributed by atoms with Crippen molar-refractivity contribution in [2.75, 3.05) is 27.3 Å². The normalized spacial score (nSPS) is 20.3. The summed E-state index contributed by atoms with van der Waals surface area (Å²) in [5.41, 5.74) is 0.399. The number of hydrogen-bond acceptors (Lipinski definition) is 6. The summed E-state index contributed by atoms with van der Waals surface area (Å²) in [6, 6.07) is 22.6. The zero-order chi connectivity index (χ0) is 25.0. The van der Waals surface area contributed by atoms with Crippen LogP contribution in [-0.4, -0.2) is 49.5 Å². The Morgan fingerprint density at radius 2 is 1.57 bits per heavy atom. The number of benzene rings is 3. The fraction of sp³-hybridized carbons (Fsp3) is 0.321. The van der Waals surface area contributed by atoms with Crippen molar-refractivity contribution < 1.29 is 28.8 Å². The van der Waals surface area contributed by atoms with Crippen molar-refractivity contribution in [3.8, 4) is 28.7 Å². The number of methoxy groups -OCH3 is 2. The molecule has 1 heterocycles. The third-order valence-corrected chi connectivity index (χ3v) is 6.74. The molecule has 0 radical (unpaired) electrons. The number of rotatable bonds is 7. The van der Waals surface area contributed by atoms with Crippen LogP contribution in [0.2, 0.25) is 0 Å². The molecule has 7 nitrogen and oxygen atoms in total. The zero-order valence-corrected chi connectivity index (χ0v) is 20.4.